The average Bonchev–Trinajstić information content (AvgIpc) is 2.62. The third-order valence-electron chi connectivity index (χ3n) is 3.55. The molecule has 2 aromatic rings. The molecular weight excluding hydrogens is 359 g/mol. The van der Waals surface area contributed by atoms with Crippen LogP contribution in [0.1, 0.15) is 40.7 Å². The Labute approximate surface area is 154 Å². The highest BCUT2D eigenvalue weighted by molar-refractivity contribution is 7.00. The highest BCUT2D eigenvalue weighted by Crippen LogP contribution is 2.28. The van der Waals surface area contributed by atoms with Crippen molar-refractivity contribution in [2.45, 2.75) is 26.2 Å². The molecule has 2 atom stereocenters. The third kappa shape index (κ3) is 5.55. The van der Waals surface area contributed by atoms with E-state index in [4.69, 9.17) is 20.9 Å². The largest absolute Gasteiger partial charge is 0.465 e. The Morgan fingerprint density at radius 3 is 2.28 bits per heavy atom. The quantitative estimate of drug-likeness (QED) is 0.320. The first-order valence-corrected chi connectivity index (χ1v) is 8.81. The maximum atomic E-state index is 13.0. The lowest BCUT2D eigenvalue weighted by atomic mass is 9.89. The number of rotatable bonds is 6. The first-order chi connectivity index (χ1) is 12.1. The van der Waals surface area contributed by atoms with Crippen LogP contribution < -0.4 is 0 Å². The van der Waals surface area contributed by atoms with Crippen molar-refractivity contribution >= 4 is 32.5 Å². The van der Waals surface area contributed by atoms with Crippen molar-refractivity contribution in [3.05, 3.63) is 70.2 Å². The molecule has 2 rings (SSSR count). The van der Waals surface area contributed by atoms with Gasteiger partial charge in [-0.15, -0.1) is 0 Å². The second-order valence-corrected chi connectivity index (χ2v) is 5.71. The summed E-state index contributed by atoms with van der Waals surface area (Å²) in [6, 6.07) is 14.2. The number of esters is 1. The van der Waals surface area contributed by atoms with Gasteiger partial charge >= 0.3 is 5.97 Å². The predicted molar refractivity (Wildman–Crippen MR) is 103 cm³/mol. The number of aryl methyl sites for hydroxylation is 1. The molecule has 0 spiro atoms. The molecule has 0 aliphatic carbocycles. The fourth-order valence-corrected chi connectivity index (χ4v) is 2.73. The van der Waals surface area contributed by atoms with Crippen LogP contribution >= 0.6 is 20.7 Å². The van der Waals surface area contributed by atoms with Crippen LogP contribution in [0.25, 0.3) is 0 Å². The van der Waals surface area contributed by atoms with E-state index in [0.717, 1.165) is 5.56 Å². The number of halogens is 1. The molecule has 0 amide bonds. The Morgan fingerprint density at radius 1 is 1.08 bits per heavy atom. The fourth-order valence-electron chi connectivity index (χ4n) is 2.41. The molecule has 2 aromatic carbocycles. The Balaban J connectivity index is 0.00000151. The highest BCUT2D eigenvalue weighted by Gasteiger charge is 2.32. The van der Waals surface area contributed by atoms with E-state index in [1.54, 1.807) is 49.4 Å². The molecule has 0 N–H and O–H groups in total. The van der Waals surface area contributed by atoms with E-state index in [1.165, 1.54) is 0 Å². The van der Waals surface area contributed by atoms with E-state index in [2.05, 4.69) is 0 Å². The van der Waals surface area contributed by atoms with E-state index in [0.29, 0.717) is 31.7 Å². The molecule has 0 aliphatic heterocycles. The summed E-state index contributed by atoms with van der Waals surface area (Å²) in [5, 5.41) is 0.347. The van der Waals surface area contributed by atoms with Gasteiger partial charge in [0.1, 0.15) is 5.92 Å². The Morgan fingerprint density at radius 2 is 1.72 bits per heavy atom. The molecule has 0 bridgehead atoms. The molecule has 0 radical (unpaired) electrons. The van der Waals surface area contributed by atoms with Crippen LogP contribution in [0.2, 0.25) is 5.02 Å². The summed E-state index contributed by atoms with van der Waals surface area (Å²) in [5.41, 5.74) is 1.72. The monoisotopic (exact) mass is 380 g/mol. The van der Waals surface area contributed by atoms with Gasteiger partial charge < -0.3 is 9.30 Å². The first kappa shape index (κ1) is 21.1. The van der Waals surface area contributed by atoms with Gasteiger partial charge in [-0.25, -0.2) is 0 Å². The van der Waals surface area contributed by atoms with E-state index < -0.39 is 11.9 Å². The third-order valence-corrected chi connectivity index (χ3v) is 3.86. The molecule has 0 saturated carbocycles. The van der Waals surface area contributed by atoms with E-state index >= 15 is 0 Å². The molecule has 0 heterocycles. The van der Waals surface area contributed by atoms with Gasteiger partial charge in [0.2, 0.25) is 0 Å². The SMILES string of the molecule is CCCOC(=O)C(C(=O)c1c(C)cccc1Cl)c1ccccc1.O=[PH3]. The summed E-state index contributed by atoms with van der Waals surface area (Å²) < 4.78 is 13.5. The normalized spacial score (nSPS) is 11.2. The Hall–Kier alpha value is -1.90. The van der Waals surface area contributed by atoms with Gasteiger partial charge in [0.05, 0.1) is 20.7 Å². The number of carbonyl (C=O) groups excluding carboxylic acids is 2. The number of hydrogen-bond acceptors (Lipinski definition) is 4. The second kappa shape index (κ2) is 10.9. The lowest BCUT2D eigenvalue weighted by Crippen LogP contribution is -2.25. The summed E-state index contributed by atoms with van der Waals surface area (Å²) in [4.78, 5) is 25.5. The highest BCUT2D eigenvalue weighted by atomic mass is 35.5. The summed E-state index contributed by atoms with van der Waals surface area (Å²) in [6.45, 7) is 4.00. The number of ether oxygens (including phenoxy) is 1. The minimum atomic E-state index is -0.999. The van der Waals surface area contributed by atoms with Crippen LogP contribution in [-0.2, 0) is 14.1 Å². The van der Waals surface area contributed by atoms with Gasteiger partial charge in [-0.1, -0.05) is 61.0 Å². The lowest BCUT2D eigenvalue weighted by molar-refractivity contribution is -0.144. The van der Waals surface area contributed by atoms with Crippen molar-refractivity contribution in [3.63, 3.8) is 0 Å². The molecule has 6 heteroatoms. The van der Waals surface area contributed by atoms with Crippen molar-refractivity contribution < 1.29 is 18.9 Å². The van der Waals surface area contributed by atoms with Crippen molar-refractivity contribution in [1.29, 1.82) is 0 Å². The number of hydrogen-bond donors (Lipinski definition) is 0. The smallest absolute Gasteiger partial charge is 0.321 e. The molecule has 134 valence electrons. The van der Waals surface area contributed by atoms with Gasteiger partial charge in [0.15, 0.2) is 5.78 Å². The lowest BCUT2D eigenvalue weighted by Gasteiger charge is -2.17. The maximum Gasteiger partial charge on any atom is 0.321 e. The predicted octanol–water partition coefficient (Wildman–Crippen LogP) is 4.51. The Kier molecular flexibility index (Phi) is 9.18. The number of carbonyl (C=O) groups is 2. The van der Waals surface area contributed by atoms with Crippen LogP contribution in [0, 0.1) is 6.92 Å². The molecule has 0 aromatic heterocycles. The van der Waals surface area contributed by atoms with Crippen LogP contribution in [0.3, 0.4) is 0 Å². The summed E-state index contributed by atoms with van der Waals surface area (Å²) in [7, 11) is 0.611. The molecule has 25 heavy (non-hydrogen) atoms. The number of benzene rings is 2. The first-order valence-electron chi connectivity index (χ1n) is 7.86. The van der Waals surface area contributed by atoms with Crippen molar-refractivity contribution in [2.24, 2.45) is 0 Å². The van der Waals surface area contributed by atoms with E-state index in [9.17, 15) is 9.59 Å². The molecular formula is C19H22ClO4P. The summed E-state index contributed by atoms with van der Waals surface area (Å²) >= 11 is 6.19. The van der Waals surface area contributed by atoms with Crippen LogP contribution in [0.15, 0.2) is 48.5 Å². The minimum absolute atomic E-state index is 0.289. The number of ketones is 1. The standard InChI is InChI=1S/C19H19ClO3.H3OP/c1-3-12-23-19(22)17(14-9-5-4-6-10-14)18(21)16-13(2)8-7-11-15(16)20;1-2/h4-11,17H,3,12H2,1-2H3;2H3. The maximum absolute atomic E-state index is 13.0. The van der Waals surface area contributed by atoms with E-state index in [-0.39, 0.29) is 12.4 Å². The van der Waals surface area contributed by atoms with Crippen molar-refractivity contribution in [2.75, 3.05) is 6.61 Å². The number of Topliss-reactive ketones (excluding diaryl/α,β-unsaturated/α-hetero) is 1. The fraction of sp³-hybridized carbons (Fsp3) is 0.263. The van der Waals surface area contributed by atoms with Crippen molar-refractivity contribution in [1.82, 2.24) is 0 Å². The van der Waals surface area contributed by atoms with Gasteiger partial charge in [-0.3, -0.25) is 9.59 Å². The van der Waals surface area contributed by atoms with Gasteiger partial charge in [0, 0.05) is 5.56 Å². The summed E-state index contributed by atoms with van der Waals surface area (Å²) in [6.07, 6.45) is 0.701. The summed E-state index contributed by atoms with van der Waals surface area (Å²) in [5.74, 6) is -1.87. The van der Waals surface area contributed by atoms with Crippen LogP contribution in [-0.4, -0.2) is 18.4 Å². The molecule has 2 unspecified atom stereocenters. The zero-order valence-electron chi connectivity index (χ0n) is 14.3. The van der Waals surface area contributed by atoms with Crippen LogP contribution in [0.4, 0.5) is 0 Å². The topological polar surface area (TPSA) is 60.4 Å². The van der Waals surface area contributed by atoms with Gasteiger partial charge in [0.25, 0.3) is 0 Å². The molecule has 0 aliphatic rings. The zero-order chi connectivity index (χ0) is 18.8. The zero-order valence-corrected chi connectivity index (χ0v) is 16.5. The van der Waals surface area contributed by atoms with Gasteiger partial charge in [-0.05, 0) is 30.5 Å². The second-order valence-electron chi connectivity index (χ2n) is 5.31. The average molecular weight is 381 g/mol. The molecule has 0 fully saturated rings. The van der Waals surface area contributed by atoms with Gasteiger partial charge in [-0.2, -0.15) is 0 Å². The minimum Gasteiger partial charge on any atom is -0.465 e. The molecule has 4 nitrogen and oxygen atoms in total. The molecule has 0 saturated heterocycles. The van der Waals surface area contributed by atoms with Crippen molar-refractivity contribution in [3.8, 4) is 0 Å². The Bertz CT molecular complexity index is 698. The van der Waals surface area contributed by atoms with Crippen LogP contribution in [0.5, 0.6) is 0 Å². The van der Waals surface area contributed by atoms with E-state index in [1.807, 2.05) is 13.0 Å².